The van der Waals surface area contributed by atoms with Gasteiger partial charge in [0.05, 0.1) is 32.3 Å². The fourth-order valence-corrected chi connectivity index (χ4v) is 2.18. The van der Waals surface area contributed by atoms with Crippen LogP contribution in [0.25, 0.3) is 0 Å². The molecule has 0 saturated carbocycles. The summed E-state index contributed by atoms with van der Waals surface area (Å²) in [6, 6.07) is 5.00. The average molecular weight is 315 g/mol. The van der Waals surface area contributed by atoms with E-state index in [1.54, 1.807) is 18.2 Å². The molecule has 1 aliphatic rings. The Balaban J connectivity index is 2.03. The van der Waals surface area contributed by atoms with Crippen LogP contribution in [0.1, 0.15) is 0 Å². The van der Waals surface area contributed by atoms with Gasteiger partial charge in [-0.05, 0) is 18.2 Å². The number of nitrogens with zero attached hydrogens (tertiary/aromatic N) is 1. The van der Waals surface area contributed by atoms with Crippen LogP contribution in [0, 0.1) is 0 Å². The second kappa shape index (κ2) is 6.53. The number of ether oxygens (including phenoxy) is 3. The maximum absolute atomic E-state index is 11.9. The molecule has 1 unspecified atom stereocenters. The van der Waals surface area contributed by atoms with E-state index in [9.17, 15) is 9.59 Å². The number of halogens is 1. The third-order valence-corrected chi connectivity index (χ3v) is 3.28. The van der Waals surface area contributed by atoms with Crippen molar-refractivity contribution in [3.8, 4) is 5.75 Å². The highest BCUT2D eigenvalue weighted by atomic mass is 35.5. The summed E-state index contributed by atoms with van der Waals surface area (Å²) in [4.78, 5) is 24.3. The monoisotopic (exact) mass is 314 g/mol. The summed E-state index contributed by atoms with van der Waals surface area (Å²) in [6.07, 6.45) is -1.51. The number of carbonyl (C=O) groups is 2. The van der Waals surface area contributed by atoms with Gasteiger partial charge in [-0.3, -0.25) is 4.90 Å². The summed E-state index contributed by atoms with van der Waals surface area (Å²) < 4.78 is 14.7. The second-order valence-electron chi connectivity index (χ2n) is 4.31. The number of amides is 2. The van der Waals surface area contributed by atoms with Crippen molar-refractivity contribution in [2.75, 3.05) is 32.2 Å². The number of methoxy groups -OCH3 is 2. The molecular weight excluding hydrogens is 300 g/mol. The van der Waals surface area contributed by atoms with Crippen molar-refractivity contribution in [2.45, 2.75) is 6.10 Å². The molecule has 1 fully saturated rings. The second-order valence-corrected chi connectivity index (χ2v) is 4.71. The van der Waals surface area contributed by atoms with E-state index in [4.69, 9.17) is 21.1 Å². The minimum absolute atomic E-state index is 0.179. The standard InChI is InChI=1S/C13H15ClN2O5/c1-19-11-4-3-8(5-10(11)14)16-7-9(21-13(16)18)6-15-12(17)20-2/h3-5,9H,6-7H2,1-2H3,(H,15,17). The SMILES string of the molecule is COC(=O)NCC1CN(c2ccc(OC)c(Cl)c2)C(=O)O1. The van der Waals surface area contributed by atoms with Crippen molar-refractivity contribution in [3.63, 3.8) is 0 Å². The molecule has 1 atom stereocenters. The third kappa shape index (κ3) is 3.49. The van der Waals surface area contributed by atoms with Gasteiger partial charge < -0.3 is 19.5 Å². The summed E-state index contributed by atoms with van der Waals surface area (Å²) in [6.45, 7) is 0.490. The molecule has 7 nitrogen and oxygen atoms in total. The van der Waals surface area contributed by atoms with Crippen LogP contribution < -0.4 is 15.0 Å². The molecule has 1 heterocycles. The topological polar surface area (TPSA) is 77.1 Å². The average Bonchev–Trinajstić information content (AvgIpc) is 2.85. The molecule has 8 heteroatoms. The highest BCUT2D eigenvalue weighted by molar-refractivity contribution is 6.32. The number of alkyl carbamates (subject to hydrolysis) is 1. The lowest BCUT2D eigenvalue weighted by Crippen LogP contribution is -2.34. The van der Waals surface area contributed by atoms with Crippen LogP contribution in [0.2, 0.25) is 5.02 Å². The zero-order chi connectivity index (χ0) is 15.4. The number of anilines is 1. The molecule has 0 radical (unpaired) electrons. The van der Waals surface area contributed by atoms with Crippen molar-refractivity contribution in [1.82, 2.24) is 5.32 Å². The van der Waals surface area contributed by atoms with Crippen LogP contribution in [-0.2, 0) is 9.47 Å². The minimum Gasteiger partial charge on any atom is -0.495 e. The normalized spacial score (nSPS) is 17.4. The van der Waals surface area contributed by atoms with Crippen LogP contribution in [-0.4, -0.2) is 45.6 Å². The molecule has 1 aliphatic heterocycles. The minimum atomic E-state index is -0.572. The van der Waals surface area contributed by atoms with E-state index in [0.29, 0.717) is 23.0 Å². The zero-order valence-corrected chi connectivity index (χ0v) is 12.3. The van der Waals surface area contributed by atoms with E-state index < -0.39 is 18.3 Å². The molecule has 114 valence electrons. The van der Waals surface area contributed by atoms with Crippen molar-refractivity contribution in [1.29, 1.82) is 0 Å². The summed E-state index contributed by atoms with van der Waals surface area (Å²) in [5, 5.41) is 2.89. The predicted octanol–water partition coefficient (Wildman–Crippen LogP) is 2.03. The fourth-order valence-electron chi connectivity index (χ4n) is 1.93. The molecule has 1 aromatic carbocycles. The predicted molar refractivity (Wildman–Crippen MR) is 76.0 cm³/mol. The van der Waals surface area contributed by atoms with Gasteiger partial charge in [0.1, 0.15) is 11.9 Å². The maximum Gasteiger partial charge on any atom is 0.414 e. The number of hydrogen-bond acceptors (Lipinski definition) is 5. The molecule has 0 spiro atoms. The van der Waals surface area contributed by atoms with Crippen molar-refractivity contribution >= 4 is 29.5 Å². The van der Waals surface area contributed by atoms with Crippen LogP contribution in [0.5, 0.6) is 5.75 Å². The Hall–Kier alpha value is -2.15. The molecular formula is C13H15ClN2O5. The Labute approximate surface area is 126 Å². The molecule has 0 aromatic heterocycles. The van der Waals surface area contributed by atoms with Crippen molar-refractivity contribution < 1.29 is 23.8 Å². The molecule has 21 heavy (non-hydrogen) atoms. The highest BCUT2D eigenvalue weighted by Gasteiger charge is 2.32. The summed E-state index contributed by atoms with van der Waals surface area (Å²) in [5.74, 6) is 0.525. The number of benzene rings is 1. The highest BCUT2D eigenvalue weighted by Crippen LogP contribution is 2.31. The Bertz CT molecular complexity index is 551. The van der Waals surface area contributed by atoms with Crippen LogP contribution in [0.4, 0.5) is 15.3 Å². The Morgan fingerprint density at radius 2 is 2.29 bits per heavy atom. The lowest BCUT2D eigenvalue weighted by molar-refractivity contribution is 0.132. The van der Waals surface area contributed by atoms with Gasteiger partial charge in [-0.2, -0.15) is 0 Å². The van der Waals surface area contributed by atoms with Gasteiger partial charge >= 0.3 is 12.2 Å². The zero-order valence-electron chi connectivity index (χ0n) is 11.6. The molecule has 0 aliphatic carbocycles. The van der Waals surface area contributed by atoms with Crippen LogP contribution >= 0.6 is 11.6 Å². The smallest absolute Gasteiger partial charge is 0.414 e. The molecule has 1 aromatic rings. The molecule has 2 rings (SSSR count). The van der Waals surface area contributed by atoms with Crippen LogP contribution in [0.3, 0.4) is 0 Å². The lowest BCUT2D eigenvalue weighted by Gasteiger charge is -2.14. The van der Waals surface area contributed by atoms with Gasteiger partial charge in [0.25, 0.3) is 0 Å². The first-order chi connectivity index (χ1) is 10.0. The van der Waals surface area contributed by atoms with Gasteiger partial charge in [0, 0.05) is 5.69 Å². The maximum atomic E-state index is 11.9. The van der Waals surface area contributed by atoms with E-state index in [-0.39, 0.29) is 6.54 Å². The van der Waals surface area contributed by atoms with Gasteiger partial charge in [-0.15, -0.1) is 0 Å². The van der Waals surface area contributed by atoms with Gasteiger partial charge in [0.15, 0.2) is 0 Å². The van der Waals surface area contributed by atoms with E-state index in [1.165, 1.54) is 19.1 Å². The van der Waals surface area contributed by atoms with E-state index in [1.807, 2.05) is 0 Å². The van der Waals surface area contributed by atoms with Crippen LogP contribution in [0.15, 0.2) is 18.2 Å². The number of nitrogens with one attached hydrogen (secondary N) is 1. The first-order valence-corrected chi connectivity index (χ1v) is 6.56. The van der Waals surface area contributed by atoms with Crippen molar-refractivity contribution in [3.05, 3.63) is 23.2 Å². The van der Waals surface area contributed by atoms with E-state index in [0.717, 1.165) is 0 Å². The number of carbonyl (C=O) groups excluding carboxylic acids is 2. The largest absolute Gasteiger partial charge is 0.495 e. The first-order valence-electron chi connectivity index (χ1n) is 6.18. The molecule has 2 amide bonds. The quantitative estimate of drug-likeness (QED) is 0.920. The third-order valence-electron chi connectivity index (χ3n) is 2.98. The summed E-state index contributed by atoms with van der Waals surface area (Å²) >= 11 is 6.04. The molecule has 1 N–H and O–H groups in total. The summed E-state index contributed by atoms with van der Waals surface area (Å²) in [5.41, 5.74) is 0.603. The van der Waals surface area contributed by atoms with Crippen molar-refractivity contribution in [2.24, 2.45) is 0 Å². The Morgan fingerprint density at radius 1 is 1.52 bits per heavy atom. The van der Waals surface area contributed by atoms with Gasteiger partial charge in [-0.25, -0.2) is 9.59 Å². The lowest BCUT2D eigenvalue weighted by atomic mass is 10.2. The van der Waals surface area contributed by atoms with Gasteiger partial charge in [-0.1, -0.05) is 11.6 Å². The van der Waals surface area contributed by atoms with E-state index >= 15 is 0 Å². The molecule has 0 bridgehead atoms. The number of hydrogen-bond donors (Lipinski definition) is 1. The number of rotatable bonds is 4. The Kier molecular flexibility index (Phi) is 4.74. The Morgan fingerprint density at radius 3 is 2.90 bits per heavy atom. The van der Waals surface area contributed by atoms with E-state index in [2.05, 4.69) is 10.1 Å². The fraction of sp³-hybridized carbons (Fsp3) is 0.385. The molecule has 1 saturated heterocycles. The summed E-state index contributed by atoms with van der Waals surface area (Å²) in [7, 11) is 2.78. The number of cyclic esters (lactones) is 1. The first kappa shape index (κ1) is 15.2. The van der Waals surface area contributed by atoms with Gasteiger partial charge in [0.2, 0.25) is 0 Å².